The van der Waals surface area contributed by atoms with Crippen molar-refractivity contribution >= 4 is 5.82 Å². The first-order valence-electron chi connectivity index (χ1n) is 6.82. The van der Waals surface area contributed by atoms with Crippen molar-refractivity contribution in [3.63, 3.8) is 0 Å². The predicted molar refractivity (Wildman–Crippen MR) is 75.9 cm³/mol. The van der Waals surface area contributed by atoms with E-state index in [1.807, 2.05) is 13.8 Å². The van der Waals surface area contributed by atoms with Gasteiger partial charge in [0.15, 0.2) is 0 Å². The Bertz CT molecular complexity index is 395. The second-order valence-electron chi connectivity index (χ2n) is 5.05. The van der Waals surface area contributed by atoms with E-state index in [9.17, 15) is 0 Å². The van der Waals surface area contributed by atoms with Crippen LogP contribution in [0.2, 0.25) is 0 Å². The number of piperazine rings is 1. The largest absolute Gasteiger partial charge is 0.354 e. The summed E-state index contributed by atoms with van der Waals surface area (Å²) in [6.45, 7) is 11.8. The van der Waals surface area contributed by atoms with Gasteiger partial charge in [0.25, 0.3) is 0 Å². The third-order valence-electron chi connectivity index (χ3n) is 3.75. The van der Waals surface area contributed by atoms with Crippen LogP contribution in [0.3, 0.4) is 0 Å². The lowest BCUT2D eigenvalue weighted by Crippen LogP contribution is -2.46. The molecule has 2 rings (SSSR count). The molecule has 0 aliphatic carbocycles. The first-order valence-corrected chi connectivity index (χ1v) is 6.82. The number of anilines is 1. The van der Waals surface area contributed by atoms with E-state index in [4.69, 9.17) is 10.7 Å². The normalized spacial score (nSPS) is 19.0. The van der Waals surface area contributed by atoms with E-state index in [0.717, 1.165) is 49.8 Å². The molecule has 0 spiro atoms. The Morgan fingerprint density at radius 2 is 1.94 bits per heavy atom. The van der Waals surface area contributed by atoms with Crippen molar-refractivity contribution in [2.75, 3.05) is 37.6 Å². The topological polar surface area (TPSA) is 45.4 Å². The lowest BCUT2D eigenvalue weighted by molar-refractivity contribution is 0.270. The van der Waals surface area contributed by atoms with Crippen LogP contribution in [-0.2, 0) is 0 Å². The molecule has 0 radical (unpaired) electrons. The van der Waals surface area contributed by atoms with Crippen LogP contribution in [0.25, 0.3) is 0 Å². The number of hydrogen-bond donors (Lipinski definition) is 1. The zero-order chi connectivity index (χ0) is 13.1. The summed E-state index contributed by atoms with van der Waals surface area (Å²) in [5.41, 5.74) is 8.12. The minimum absolute atomic E-state index is 0.0588. The molecular formula is C14H24N4. The van der Waals surface area contributed by atoms with Crippen molar-refractivity contribution in [1.82, 2.24) is 9.88 Å². The standard InChI is InChI=1S/C14H24N4/c1-4-17-7-9-18(10-8-17)14-6-5-13(11(2)15)12(3)16-14/h5-6,11H,4,7-10,15H2,1-3H3. The van der Waals surface area contributed by atoms with Gasteiger partial charge in [-0.25, -0.2) is 4.98 Å². The van der Waals surface area contributed by atoms with Gasteiger partial charge in [0, 0.05) is 37.9 Å². The van der Waals surface area contributed by atoms with Crippen LogP contribution >= 0.6 is 0 Å². The van der Waals surface area contributed by atoms with Crippen LogP contribution in [0, 0.1) is 6.92 Å². The van der Waals surface area contributed by atoms with Crippen molar-refractivity contribution in [3.8, 4) is 0 Å². The molecule has 2 heterocycles. The Balaban J connectivity index is 2.08. The Hall–Kier alpha value is -1.13. The SMILES string of the molecule is CCN1CCN(c2ccc(C(C)N)c(C)n2)CC1. The second kappa shape index (κ2) is 5.67. The van der Waals surface area contributed by atoms with Crippen LogP contribution in [-0.4, -0.2) is 42.6 Å². The van der Waals surface area contributed by atoms with E-state index >= 15 is 0 Å². The highest BCUT2D eigenvalue weighted by atomic mass is 15.3. The van der Waals surface area contributed by atoms with Gasteiger partial charge in [-0.3, -0.25) is 0 Å². The molecule has 2 N–H and O–H groups in total. The van der Waals surface area contributed by atoms with E-state index in [2.05, 4.69) is 28.9 Å². The second-order valence-corrected chi connectivity index (χ2v) is 5.05. The molecule has 1 aliphatic rings. The van der Waals surface area contributed by atoms with Crippen molar-refractivity contribution in [2.45, 2.75) is 26.8 Å². The van der Waals surface area contributed by atoms with E-state index in [1.165, 1.54) is 0 Å². The summed E-state index contributed by atoms with van der Waals surface area (Å²) in [6, 6.07) is 4.28. The molecule has 4 heteroatoms. The van der Waals surface area contributed by atoms with Crippen molar-refractivity contribution in [3.05, 3.63) is 23.4 Å². The van der Waals surface area contributed by atoms with Crippen molar-refractivity contribution in [2.24, 2.45) is 5.73 Å². The van der Waals surface area contributed by atoms with Crippen LogP contribution in [0.5, 0.6) is 0 Å². The summed E-state index contributed by atoms with van der Waals surface area (Å²) in [5.74, 6) is 1.09. The zero-order valence-electron chi connectivity index (χ0n) is 11.7. The molecule has 1 aromatic rings. The predicted octanol–water partition coefficient (Wildman–Crippen LogP) is 1.55. The maximum atomic E-state index is 5.92. The summed E-state index contributed by atoms with van der Waals surface area (Å²) < 4.78 is 0. The fourth-order valence-electron chi connectivity index (χ4n) is 2.51. The molecule has 4 nitrogen and oxygen atoms in total. The fourth-order valence-corrected chi connectivity index (χ4v) is 2.51. The molecule has 1 unspecified atom stereocenters. The smallest absolute Gasteiger partial charge is 0.128 e. The average molecular weight is 248 g/mol. The van der Waals surface area contributed by atoms with Gasteiger partial charge in [-0.2, -0.15) is 0 Å². The third kappa shape index (κ3) is 2.82. The maximum absolute atomic E-state index is 5.92. The molecule has 0 amide bonds. The van der Waals surface area contributed by atoms with E-state index in [-0.39, 0.29) is 6.04 Å². The van der Waals surface area contributed by atoms with Crippen molar-refractivity contribution in [1.29, 1.82) is 0 Å². The van der Waals surface area contributed by atoms with Crippen LogP contribution in [0.1, 0.15) is 31.1 Å². The molecule has 100 valence electrons. The number of aromatic nitrogens is 1. The highest BCUT2D eigenvalue weighted by Gasteiger charge is 2.17. The minimum atomic E-state index is 0.0588. The Labute approximate surface area is 110 Å². The molecule has 0 aromatic carbocycles. The molecule has 18 heavy (non-hydrogen) atoms. The fraction of sp³-hybridized carbons (Fsp3) is 0.643. The first-order chi connectivity index (χ1) is 8.61. The lowest BCUT2D eigenvalue weighted by atomic mass is 10.1. The number of pyridine rings is 1. The van der Waals surface area contributed by atoms with Gasteiger partial charge < -0.3 is 15.5 Å². The number of hydrogen-bond acceptors (Lipinski definition) is 4. The Kier molecular flexibility index (Phi) is 4.19. The number of nitrogens with two attached hydrogens (primary N) is 1. The minimum Gasteiger partial charge on any atom is -0.354 e. The van der Waals surface area contributed by atoms with Gasteiger partial charge in [-0.05, 0) is 32.0 Å². The summed E-state index contributed by atoms with van der Waals surface area (Å²) in [5, 5.41) is 0. The maximum Gasteiger partial charge on any atom is 0.128 e. The van der Waals surface area contributed by atoms with Crippen LogP contribution in [0.15, 0.2) is 12.1 Å². The summed E-state index contributed by atoms with van der Waals surface area (Å²) >= 11 is 0. The van der Waals surface area contributed by atoms with E-state index < -0.39 is 0 Å². The number of nitrogens with zero attached hydrogens (tertiary/aromatic N) is 3. The summed E-state index contributed by atoms with van der Waals surface area (Å²) in [7, 11) is 0. The monoisotopic (exact) mass is 248 g/mol. The number of rotatable bonds is 3. The molecule has 1 aliphatic heterocycles. The highest BCUT2D eigenvalue weighted by molar-refractivity contribution is 5.42. The van der Waals surface area contributed by atoms with Gasteiger partial charge in [-0.1, -0.05) is 13.0 Å². The van der Waals surface area contributed by atoms with Gasteiger partial charge >= 0.3 is 0 Å². The van der Waals surface area contributed by atoms with Crippen molar-refractivity contribution < 1.29 is 0 Å². The third-order valence-corrected chi connectivity index (χ3v) is 3.75. The summed E-state index contributed by atoms with van der Waals surface area (Å²) in [4.78, 5) is 9.53. The number of likely N-dealkylation sites (N-methyl/N-ethyl adjacent to an activating group) is 1. The number of aryl methyl sites for hydroxylation is 1. The summed E-state index contributed by atoms with van der Waals surface area (Å²) in [6.07, 6.45) is 0. The van der Waals surface area contributed by atoms with Gasteiger partial charge in [0.2, 0.25) is 0 Å². The zero-order valence-corrected chi connectivity index (χ0v) is 11.7. The van der Waals surface area contributed by atoms with E-state index in [0.29, 0.717) is 0 Å². The highest BCUT2D eigenvalue weighted by Crippen LogP contribution is 2.19. The van der Waals surface area contributed by atoms with Gasteiger partial charge in [0.1, 0.15) is 5.82 Å². The molecular weight excluding hydrogens is 224 g/mol. The first kappa shape index (κ1) is 13.3. The van der Waals surface area contributed by atoms with Crippen LogP contribution < -0.4 is 10.6 Å². The molecule has 0 saturated carbocycles. The quantitative estimate of drug-likeness (QED) is 0.881. The average Bonchev–Trinajstić information content (AvgIpc) is 2.38. The van der Waals surface area contributed by atoms with Crippen LogP contribution in [0.4, 0.5) is 5.82 Å². The lowest BCUT2D eigenvalue weighted by Gasteiger charge is -2.35. The van der Waals surface area contributed by atoms with Gasteiger partial charge in [-0.15, -0.1) is 0 Å². The molecule has 1 atom stereocenters. The Morgan fingerprint density at radius 1 is 1.28 bits per heavy atom. The van der Waals surface area contributed by atoms with E-state index in [1.54, 1.807) is 0 Å². The molecule has 0 bridgehead atoms. The van der Waals surface area contributed by atoms with Gasteiger partial charge in [0.05, 0.1) is 0 Å². The Morgan fingerprint density at radius 3 is 2.44 bits per heavy atom. The molecule has 1 saturated heterocycles. The molecule has 1 fully saturated rings. The molecule has 1 aromatic heterocycles.